The third kappa shape index (κ3) is 3.70. The quantitative estimate of drug-likeness (QED) is 0.827. The van der Waals surface area contributed by atoms with Gasteiger partial charge in [0.15, 0.2) is 6.61 Å². The number of hydrogen-bond donors (Lipinski definition) is 1. The molecule has 1 aliphatic rings. The van der Waals surface area contributed by atoms with Crippen LogP contribution < -0.4 is 10.5 Å². The first kappa shape index (κ1) is 14.8. The lowest BCUT2D eigenvalue weighted by Crippen LogP contribution is -2.36. The molecule has 0 aromatic heterocycles. The largest absolute Gasteiger partial charge is 0.483 e. The molecule has 5 heteroatoms. The van der Waals surface area contributed by atoms with E-state index in [1.54, 1.807) is 6.07 Å². The van der Waals surface area contributed by atoms with Gasteiger partial charge in [-0.2, -0.15) is 0 Å². The van der Waals surface area contributed by atoms with E-state index in [2.05, 4.69) is 0 Å². The molecule has 1 aromatic rings. The van der Waals surface area contributed by atoms with E-state index in [0.717, 1.165) is 12.8 Å². The van der Waals surface area contributed by atoms with Crippen LogP contribution in [-0.2, 0) is 11.2 Å². The second-order valence-corrected chi connectivity index (χ2v) is 4.99. The Balaban J connectivity index is 1.97. The van der Waals surface area contributed by atoms with E-state index in [4.69, 9.17) is 10.5 Å². The van der Waals surface area contributed by atoms with Crippen LogP contribution in [0.1, 0.15) is 25.3 Å². The van der Waals surface area contributed by atoms with Gasteiger partial charge in [0, 0.05) is 12.6 Å². The highest BCUT2D eigenvalue weighted by Gasteiger charge is 2.31. The zero-order valence-electron chi connectivity index (χ0n) is 11.8. The Morgan fingerprint density at radius 2 is 2.25 bits per heavy atom. The fourth-order valence-corrected chi connectivity index (χ4v) is 2.29. The minimum Gasteiger partial charge on any atom is -0.483 e. The van der Waals surface area contributed by atoms with Crippen LogP contribution in [-0.4, -0.2) is 36.5 Å². The molecule has 2 rings (SSSR count). The highest BCUT2D eigenvalue weighted by molar-refractivity contribution is 5.78. The molecule has 0 unspecified atom stereocenters. The lowest BCUT2D eigenvalue weighted by molar-refractivity contribution is -0.133. The summed E-state index contributed by atoms with van der Waals surface area (Å²) in [6, 6.07) is 4.68. The molecule has 0 spiro atoms. The zero-order valence-corrected chi connectivity index (χ0v) is 11.8. The van der Waals surface area contributed by atoms with Crippen LogP contribution in [0.5, 0.6) is 5.75 Å². The molecule has 0 saturated heterocycles. The predicted octanol–water partition coefficient (Wildman–Crippen LogP) is 1.72. The van der Waals surface area contributed by atoms with Crippen molar-refractivity contribution in [1.82, 2.24) is 4.90 Å². The van der Waals surface area contributed by atoms with Crippen LogP contribution in [0.4, 0.5) is 4.39 Å². The van der Waals surface area contributed by atoms with Crippen molar-refractivity contribution in [2.45, 2.75) is 32.2 Å². The van der Waals surface area contributed by atoms with Crippen LogP contribution >= 0.6 is 0 Å². The lowest BCUT2D eigenvalue weighted by atomic mass is 10.1. The average Bonchev–Trinajstić information content (AvgIpc) is 3.24. The van der Waals surface area contributed by atoms with Crippen molar-refractivity contribution < 1.29 is 13.9 Å². The summed E-state index contributed by atoms with van der Waals surface area (Å²) < 4.78 is 18.7. The van der Waals surface area contributed by atoms with Crippen LogP contribution in [0.2, 0.25) is 0 Å². The minimum absolute atomic E-state index is 0.00640. The van der Waals surface area contributed by atoms with Gasteiger partial charge in [0.1, 0.15) is 11.6 Å². The molecule has 2 N–H and O–H groups in total. The number of hydrogen-bond acceptors (Lipinski definition) is 3. The first-order valence-corrected chi connectivity index (χ1v) is 7.06. The van der Waals surface area contributed by atoms with E-state index in [9.17, 15) is 9.18 Å². The van der Waals surface area contributed by atoms with E-state index in [1.807, 2.05) is 11.8 Å². The molecule has 0 radical (unpaired) electrons. The number of benzene rings is 1. The molecule has 1 aromatic carbocycles. The number of halogens is 1. The SMILES string of the molecule is CCN(C(=O)COc1ccc(F)cc1CCN)C1CC1. The Bertz CT molecular complexity index is 475. The topological polar surface area (TPSA) is 55.6 Å². The second-order valence-electron chi connectivity index (χ2n) is 4.99. The number of rotatable bonds is 7. The summed E-state index contributed by atoms with van der Waals surface area (Å²) in [5.41, 5.74) is 6.20. The Kier molecular flexibility index (Phi) is 4.95. The molecule has 1 fully saturated rings. The van der Waals surface area contributed by atoms with Crippen molar-refractivity contribution >= 4 is 5.91 Å². The molecule has 20 heavy (non-hydrogen) atoms. The summed E-state index contributed by atoms with van der Waals surface area (Å²) in [7, 11) is 0. The molecule has 0 heterocycles. The molecular weight excluding hydrogens is 259 g/mol. The third-order valence-electron chi connectivity index (χ3n) is 3.44. The van der Waals surface area contributed by atoms with E-state index in [0.29, 0.717) is 36.9 Å². The normalized spacial score (nSPS) is 14.2. The highest BCUT2D eigenvalue weighted by atomic mass is 19.1. The first-order valence-electron chi connectivity index (χ1n) is 7.06. The van der Waals surface area contributed by atoms with Gasteiger partial charge in [0.2, 0.25) is 0 Å². The Hall–Kier alpha value is -1.62. The second kappa shape index (κ2) is 6.70. The summed E-state index contributed by atoms with van der Waals surface area (Å²) >= 11 is 0. The van der Waals surface area contributed by atoms with Crippen LogP contribution in [0.15, 0.2) is 18.2 Å². The van der Waals surface area contributed by atoms with E-state index in [1.165, 1.54) is 12.1 Å². The van der Waals surface area contributed by atoms with Gasteiger partial charge >= 0.3 is 0 Å². The fourth-order valence-electron chi connectivity index (χ4n) is 2.29. The molecule has 0 bridgehead atoms. The number of amides is 1. The summed E-state index contributed by atoms with van der Waals surface area (Å²) in [6.07, 6.45) is 2.69. The van der Waals surface area contributed by atoms with Crippen LogP contribution in [0, 0.1) is 5.82 Å². The van der Waals surface area contributed by atoms with Gasteiger partial charge in [-0.3, -0.25) is 4.79 Å². The van der Waals surface area contributed by atoms with Gasteiger partial charge < -0.3 is 15.4 Å². The third-order valence-corrected chi connectivity index (χ3v) is 3.44. The molecule has 1 amide bonds. The fraction of sp³-hybridized carbons (Fsp3) is 0.533. The molecule has 4 nitrogen and oxygen atoms in total. The van der Waals surface area contributed by atoms with Gasteiger partial charge in [-0.25, -0.2) is 4.39 Å². The lowest BCUT2D eigenvalue weighted by Gasteiger charge is -2.21. The average molecular weight is 280 g/mol. The number of likely N-dealkylation sites (N-methyl/N-ethyl adjacent to an activating group) is 1. The molecule has 0 atom stereocenters. The van der Waals surface area contributed by atoms with Gasteiger partial charge in [-0.1, -0.05) is 0 Å². The first-order chi connectivity index (χ1) is 9.65. The standard InChI is InChI=1S/C15H21FN2O2/c1-2-18(13-4-5-13)15(19)10-20-14-6-3-12(16)9-11(14)7-8-17/h3,6,9,13H,2,4-5,7-8,10,17H2,1H3. The number of ether oxygens (including phenoxy) is 1. The van der Waals surface area contributed by atoms with Gasteiger partial charge in [0.05, 0.1) is 0 Å². The molecule has 1 aliphatic carbocycles. The highest BCUT2D eigenvalue weighted by Crippen LogP contribution is 2.27. The number of nitrogens with zero attached hydrogens (tertiary/aromatic N) is 1. The molecular formula is C15H21FN2O2. The van der Waals surface area contributed by atoms with Crippen molar-refractivity contribution in [3.05, 3.63) is 29.6 Å². The van der Waals surface area contributed by atoms with Gasteiger partial charge in [0.25, 0.3) is 5.91 Å². The summed E-state index contributed by atoms with van der Waals surface area (Å²) in [5, 5.41) is 0. The van der Waals surface area contributed by atoms with Crippen LogP contribution in [0.3, 0.4) is 0 Å². The van der Waals surface area contributed by atoms with Crippen molar-refractivity contribution in [1.29, 1.82) is 0 Å². The van der Waals surface area contributed by atoms with Crippen molar-refractivity contribution in [3.63, 3.8) is 0 Å². The van der Waals surface area contributed by atoms with E-state index < -0.39 is 0 Å². The number of carbonyl (C=O) groups is 1. The van der Waals surface area contributed by atoms with Crippen molar-refractivity contribution in [2.75, 3.05) is 19.7 Å². The Morgan fingerprint density at radius 1 is 1.50 bits per heavy atom. The number of carbonyl (C=O) groups excluding carboxylic acids is 1. The Morgan fingerprint density at radius 3 is 2.85 bits per heavy atom. The van der Waals surface area contributed by atoms with Crippen molar-refractivity contribution in [2.24, 2.45) is 5.73 Å². The predicted molar refractivity (Wildman–Crippen MR) is 75.1 cm³/mol. The summed E-state index contributed by atoms with van der Waals surface area (Å²) in [6.45, 7) is 3.07. The minimum atomic E-state index is -0.319. The summed E-state index contributed by atoms with van der Waals surface area (Å²) in [5.74, 6) is 0.204. The molecule has 110 valence electrons. The maximum atomic E-state index is 13.2. The van der Waals surface area contributed by atoms with Crippen LogP contribution in [0.25, 0.3) is 0 Å². The maximum Gasteiger partial charge on any atom is 0.260 e. The Labute approximate surface area is 118 Å². The van der Waals surface area contributed by atoms with E-state index >= 15 is 0 Å². The van der Waals surface area contributed by atoms with E-state index in [-0.39, 0.29) is 18.3 Å². The number of nitrogens with two attached hydrogens (primary N) is 1. The van der Waals surface area contributed by atoms with Gasteiger partial charge in [-0.05, 0) is 56.5 Å². The molecule has 0 aliphatic heterocycles. The zero-order chi connectivity index (χ0) is 14.5. The monoisotopic (exact) mass is 280 g/mol. The van der Waals surface area contributed by atoms with Gasteiger partial charge in [-0.15, -0.1) is 0 Å². The van der Waals surface area contributed by atoms with Crippen molar-refractivity contribution in [3.8, 4) is 5.75 Å². The molecule has 1 saturated carbocycles. The maximum absolute atomic E-state index is 13.2. The smallest absolute Gasteiger partial charge is 0.260 e. The summed E-state index contributed by atoms with van der Waals surface area (Å²) in [4.78, 5) is 13.9.